The van der Waals surface area contributed by atoms with Gasteiger partial charge >= 0.3 is 0 Å². The van der Waals surface area contributed by atoms with E-state index in [1.807, 2.05) is 48.5 Å². The van der Waals surface area contributed by atoms with Gasteiger partial charge in [0.05, 0.1) is 11.4 Å². The standard InChI is InChI=1S/C26H26ClN3O/c1-18(2)16-28-25(31)15-13-23-26(20-8-11-22(27)12-9-20)29-24-14-10-21(17-30(23)24)19-6-4-3-5-7-19/h3-12,14,17-18H,13,15-16H2,1-2H3,(H,28,31). The number of nitrogens with zero attached hydrogens (tertiary/aromatic N) is 2. The number of carbonyl (C=O) groups excluding carboxylic acids is 1. The lowest BCUT2D eigenvalue weighted by Crippen LogP contribution is -2.27. The average molecular weight is 432 g/mol. The second-order valence-electron chi connectivity index (χ2n) is 8.12. The molecule has 4 rings (SSSR count). The van der Waals surface area contributed by atoms with Gasteiger partial charge in [-0.2, -0.15) is 0 Å². The van der Waals surface area contributed by atoms with E-state index < -0.39 is 0 Å². The number of aryl methyl sites for hydroxylation is 1. The van der Waals surface area contributed by atoms with Crippen molar-refractivity contribution in [2.45, 2.75) is 26.7 Å². The largest absolute Gasteiger partial charge is 0.356 e. The van der Waals surface area contributed by atoms with Crippen molar-refractivity contribution in [3.05, 3.63) is 83.6 Å². The molecule has 5 heteroatoms. The van der Waals surface area contributed by atoms with Crippen molar-refractivity contribution in [1.29, 1.82) is 0 Å². The molecule has 31 heavy (non-hydrogen) atoms. The lowest BCUT2D eigenvalue weighted by molar-refractivity contribution is -0.121. The van der Waals surface area contributed by atoms with Gasteiger partial charge < -0.3 is 9.72 Å². The zero-order valence-corrected chi connectivity index (χ0v) is 18.6. The molecular formula is C26H26ClN3O. The molecule has 0 saturated heterocycles. The van der Waals surface area contributed by atoms with Crippen molar-refractivity contribution in [3.63, 3.8) is 0 Å². The number of rotatable bonds is 7. The summed E-state index contributed by atoms with van der Waals surface area (Å²) < 4.78 is 2.11. The van der Waals surface area contributed by atoms with Gasteiger partial charge in [0, 0.05) is 29.7 Å². The zero-order chi connectivity index (χ0) is 21.8. The van der Waals surface area contributed by atoms with Crippen molar-refractivity contribution in [3.8, 4) is 22.4 Å². The Hall–Kier alpha value is -3.11. The normalized spacial score (nSPS) is 11.2. The summed E-state index contributed by atoms with van der Waals surface area (Å²) in [6, 6.07) is 22.1. The number of aromatic nitrogens is 2. The summed E-state index contributed by atoms with van der Waals surface area (Å²) in [6.45, 7) is 4.87. The van der Waals surface area contributed by atoms with Gasteiger partial charge in [-0.05, 0) is 47.7 Å². The number of imidazole rings is 1. The SMILES string of the molecule is CC(C)CNC(=O)CCc1c(-c2ccc(Cl)cc2)nc2ccc(-c3ccccc3)cn12. The number of halogens is 1. The van der Waals surface area contributed by atoms with Gasteiger partial charge in [-0.15, -0.1) is 0 Å². The smallest absolute Gasteiger partial charge is 0.220 e. The minimum atomic E-state index is 0.0601. The average Bonchev–Trinajstić information content (AvgIpc) is 3.15. The van der Waals surface area contributed by atoms with Crippen molar-refractivity contribution in [2.24, 2.45) is 5.92 Å². The van der Waals surface area contributed by atoms with E-state index in [-0.39, 0.29) is 5.91 Å². The number of amides is 1. The molecule has 0 aliphatic heterocycles. The van der Waals surface area contributed by atoms with E-state index in [9.17, 15) is 4.79 Å². The van der Waals surface area contributed by atoms with E-state index >= 15 is 0 Å². The van der Waals surface area contributed by atoms with Gasteiger partial charge in [0.25, 0.3) is 0 Å². The molecule has 158 valence electrons. The summed E-state index contributed by atoms with van der Waals surface area (Å²) in [5.74, 6) is 0.489. The third kappa shape index (κ3) is 4.97. The molecule has 4 aromatic rings. The molecule has 0 saturated carbocycles. The maximum atomic E-state index is 12.4. The predicted octanol–water partition coefficient (Wildman–Crippen LogP) is 6.03. The predicted molar refractivity (Wildman–Crippen MR) is 127 cm³/mol. The highest BCUT2D eigenvalue weighted by Crippen LogP contribution is 2.29. The Bertz CT molecular complexity index is 1180. The molecule has 2 heterocycles. The van der Waals surface area contributed by atoms with E-state index in [2.05, 4.69) is 48.0 Å². The molecule has 0 spiro atoms. The Kier molecular flexibility index (Phi) is 6.38. The van der Waals surface area contributed by atoms with E-state index in [0.29, 0.717) is 30.3 Å². The first kappa shape index (κ1) is 21.1. The first-order chi connectivity index (χ1) is 15.0. The highest BCUT2D eigenvalue weighted by atomic mass is 35.5. The minimum Gasteiger partial charge on any atom is -0.356 e. The number of nitrogens with one attached hydrogen (secondary N) is 1. The number of carbonyl (C=O) groups is 1. The van der Waals surface area contributed by atoms with Crippen LogP contribution in [-0.4, -0.2) is 21.8 Å². The highest BCUT2D eigenvalue weighted by molar-refractivity contribution is 6.30. The summed E-state index contributed by atoms with van der Waals surface area (Å²) >= 11 is 6.09. The highest BCUT2D eigenvalue weighted by Gasteiger charge is 2.16. The lowest BCUT2D eigenvalue weighted by atomic mass is 10.1. The molecule has 0 radical (unpaired) electrons. The Labute approximate surface area is 187 Å². The minimum absolute atomic E-state index is 0.0601. The maximum Gasteiger partial charge on any atom is 0.220 e. The summed E-state index contributed by atoms with van der Waals surface area (Å²) in [5.41, 5.74) is 6.02. The molecule has 2 aromatic carbocycles. The van der Waals surface area contributed by atoms with Crippen molar-refractivity contribution < 1.29 is 4.79 Å². The Morgan fingerprint density at radius 3 is 2.39 bits per heavy atom. The van der Waals surface area contributed by atoms with E-state index in [1.165, 1.54) is 0 Å². The van der Waals surface area contributed by atoms with Crippen molar-refractivity contribution in [2.75, 3.05) is 6.54 Å². The monoisotopic (exact) mass is 431 g/mol. The molecule has 0 fully saturated rings. The topological polar surface area (TPSA) is 46.4 Å². The quantitative estimate of drug-likeness (QED) is 0.388. The van der Waals surface area contributed by atoms with Crippen LogP contribution in [0.4, 0.5) is 0 Å². The van der Waals surface area contributed by atoms with Gasteiger partial charge in [0.2, 0.25) is 5.91 Å². The fourth-order valence-electron chi connectivity index (χ4n) is 3.61. The third-order valence-electron chi connectivity index (χ3n) is 5.24. The number of hydrogen-bond donors (Lipinski definition) is 1. The molecular weight excluding hydrogens is 406 g/mol. The van der Waals surface area contributed by atoms with Crippen LogP contribution in [0.15, 0.2) is 72.9 Å². The van der Waals surface area contributed by atoms with Gasteiger partial charge in [0.1, 0.15) is 5.65 Å². The summed E-state index contributed by atoms with van der Waals surface area (Å²) in [4.78, 5) is 17.3. The fourth-order valence-corrected chi connectivity index (χ4v) is 3.74. The first-order valence-corrected chi connectivity index (χ1v) is 11.0. The Morgan fingerprint density at radius 1 is 0.968 bits per heavy atom. The number of hydrogen-bond acceptors (Lipinski definition) is 2. The molecule has 0 unspecified atom stereocenters. The third-order valence-corrected chi connectivity index (χ3v) is 5.49. The van der Waals surface area contributed by atoms with Gasteiger partial charge in [-0.3, -0.25) is 4.79 Å². The summed E-state index contributed by atoms with van der Waals surface area (Å²) in [5, 5.41) is 3.70. The second kappa shape index (κ2) is 9.36. The van der Waals surface area contributed by atoms with E-state index in [0.717, 1.165) is 33.7 Å². The van der Waals surface area contributed by atoms with Crippen molar-refractivity contribution >= 4 is 23.2 Å². The van der Waals surface area contributed by atoms with Gasteiger partial charge in [0.15, 0.2) is 0 Å². The van der Waals surface area contributed by atoms with E-state index in [4.69, 9.17) is 16.6 Å². The number of benzene rings is 2. The van der Waals surface area contributed by atoms with Crippen LogP contribution in [0.2, 0.25) is 5.02 Å². The van der Waals surface area contributed by atoms with Gasteiger partial charge in [-0.1, -0.05) is 67.9 Å². The second-order valence-corrected chi connectivity index (χ2v) is 8.56. The first-order valence-electron chi connectivity index (χ1n) is 10.6. The number of fused-ring (bicyclic) bond motifs is 1. The van der Waals surface area contributed by atoms with Crippen LogP contribution in [-0.2, 0) is 11.2 Å². The molecule has 0 atom stereocenters. The fraction of sp³-hybridized carbons (Fsp3) is 0.231. The van der Waals surface area contributed by atoms with Crippen LogP contribution in [0.1, 0.15) is 26.0 Å². The van der Waals surface area contributed by atoms with Crippen LogP contribution >= 0.6 is 11.6 Å². The summed E-state index contributed by atoms with van der Waals surface area (Å²) in [7, 11) is 0. The van der Waals surface area contributed by atoms with Gasteiger partial charge in [-0.25, -0.2) is 4.98 Å². The Morgan fingerprint density at radius 2 is 1.68 bits per heavy atom. The van der Waals surface area contributed by atoms with Crippen LogP contribution in [0.25, 0.3) is 28.0 Å². The molecule has 0 bridgehead atoms. The van der Waals surface area contributed by atoms with Crippen LogP contribution in [0, 0.1) is 5.92 Å². The maximum absolute atomic E-state index is 12.4. The molecule has 1 N–H and O–H groups in total. The van der Waals surface area contributed by atoms with E-state index in [1.54, 1.807) is 0 Å². The Balaban J connectivity index is 1.73. The lowest BCUT2D eigenvalue weighted by Gasteiger charge is -2.10. The molecule has 4 nitrogen and oxygen atoms in total. The zero-order valence-electron chi connectivity index (χ0n) is 17.8. The number of pyridine rings is 1. The molecule has 1 amide bonds. The molecule has 2 aromatic heterocycles. The van der Waals surface area contributed by atoms with Crippen molar-refractivity contribution in [1.82, 2.24) is 14.7 Å². The molecule has 0 aliphatic rings. The molecule has 0 aliphatic carbocycles. The summed E-state index contributed by atoms with van der Waals surface area (Å²) in [6.07, 6.45) is 3.12. The van der Waals surface area contributed by atoms with Crippen LogP contribution < -0.4 is 5.32 Å². The van der Waals surface area contributed by atoms with Crippen LogP contribution in [0.5, 0.6) is 0 Å². The van der Waals surface area contributed by atoms with Crippen LogP contribution in [0.3, 0.4) is 0 Å².